The number of aryl methyl sites for hydroxylation is 1. The van der Waals surface area contributed by atoms with Crippen molar-refractivity contribution in [3.05, 3.63) is 38.5 Å². The lowest BCUT2D eigenvalue weighted by Gasteiger charge is -2.04. The van der Waals surface area contributed by atoms with E-state index < -0.39 is 0 Å². The summed E-state index contributed by atoms with van der Waals surface area (Å²) in [6.07, 6.45) is 1.67. The molecule has 19 heavy (non-hydrogen) atoms. The standard InChI is InChI=1S/C11H10Cl2N4OS/c1-2-3-6-4-9(18)15-11(14-6)19-7-5-8(12)16-17-10(7)13/h4-5H,2-3H2,1H3,(H,14,15,18). The van der Waals surface area contributed by atoms with Gasteiger partial charge in [-0.1, -0.05) is 36.5 Å². The number of nitrogens with one attached hydrogen (secondary N) is 1. The second-order valence-electron chi connectivity index (χ2n) is 3.72. The third-order valence-corrected chi connectivity index (χ3v) is 3.67. The zero-order valence-electron chi connectivity index (χ0n) is 9.98. The van der Waals surface area contributed by atoms with Crippen molar-refractivity contribution in [1.82, 2.24) is 20.2 Å². The molecule has 0 aromatic carbocycles. The van der Waals surface area contributed by atoms with Gasteiger partial charge in [-0.25, -0.2) is 4.98 Å². The summed E-state index contributed by atoms with van der Waals surface area (Å²) in [6, 6.07) is 3.07. The molecule has 5 nitrogen and oxygen atoms in total. The maximum Gasteiger partial charge on any atom is 0.251 e. The average Bonchev–Trinajstić information content (AvgIpc) is 2.33. The second-order valence-corrected chi connectivity index (χ2v) is 5.49. The molecule has 0 fully saturated rings. The van der Waals surface area contributed by atoms with Crippen LogP contribution in [0, 0.1) is 0 Å². The number of halogens is 2. The highest BCUT2D eigenvalue weighted by atomic mass is 35.5. The molecule has 2 heterocycles. The fourth-order valence-electron chi connectivity index (χ4n) is 1.43. The molecular weight excluding hydrogens is 307 g/mol. The summed E-state index contributed by atoms with van der Waals surface area (Å²) < 4.78 is 0. The summed E-state index contributed by atoms with van der Waals surface area (Å²) in [7, 11) is 0. The van der Waals surface area contributed by atoms with E-state index in [1.54, 1.807) is 6.07 Å². The lowest BCUT2D eigenvalue weighted by Crippen LogP contribution is -2.09. The maximum absolute atomic E-state index is 11.5. The van der Waals surface area contributed by atoms with Crippen molar-refractivity contribution in [3.63, 3.8) is 0 Å². The van der Waals surface area contributed by atoms with E-state index in [4.69, 9.17) is 23.2 Å². The predicted octanol–water partition coefficient (Wildman–Crippen LogP) is 2.97. The molecule has 8 heteroatoms. The number of rotatable bonds is 4. The SMILES string of the molecule is CCCc1cc(=O)[nH]c(Sc2cc(Cl)nnc2Cl)n1. The molecule has 0 amide bonds. The monoisotopic (exact) mass is 316 g/mol. The zero-order chi connectivity index (χ0) is 13.8. The topological polar surface area (TPSA) is 71.5 Å². The van der Waals surface area contributed by atoms with Crippen molar-refractivity contribution in [2.45, 2.75) is 29.8 Å². The smallest absolute Gasteiger partial charge is 0.251 e. The van der Waals surface area contributed by atoms with Crippen LogP contribution < -0.4 is 5.56 Å². The number of hydrogen-bond acceptors (Lipinski definition) is 5. The number of aromatic amines is 1. The Bertz CT molecular complexity index is 647. The van der Waals surface area contributed by atoms with Gasteiger partial charge in [-0.2, -0.15) is 0 Å². The molecule has 0 aliphatic heterocycles. The quantitative estimate of drug-likeness (QED) is 0.878. The molecule has 1 N–H and O–H groups in total. The Kier molecular flexibility index (Phi) is 4.79. The summed E-state index contributed by atoms with van der Waals surface area (Å²) in [5, 5.41) is 8.24. The molecule has 0 radical (unpaired) electrons. The van der Waals surface area contributed by atoms with Gasteiger partial charge < -0.3 is 4.98 Å². The minimum atomic E-state index is -0.190. The molecule has 2 aromatic rings. The van der Waals surface area contributed by atoms with Gasteiger partial charge in [0, 0.05) is 11.8 Å². The zero-order valence-corrected chi connectivity index (χ0v) is 12.3. The minimum Gasteiger partial charge on any atom is -0.301 e. The summed E-state index contributed by atoms with van der Waals surface area (Å²) in [4.78, 5) is 19.1. The molecule has 0 aliphatic carbocycles. The Hall–Kier alpha value is -1.11. The van der Waals surface area contributed by atoms with Gasteiger partial charge in [0.1, 0.15) is 0 Å². The highest BCUT2D eigenvalue weighted by Crippen LogP contribution is 2.30. The van der Waals surface area contributed by atoms with Crippen molar-refractivity contribution >= 4 is 35.0 Å². The van der Waals surface area contributed by atoms with Gasteiger partial charge in [0.25, 0.3) is 5.56 Å². The third-order valence-electron chi connectivity index (χ3n) is 2.17. The van der Waals surface area contributed by atoms with E-state index in [1.165, 1.54) is 17.8 Å². The van der Waals surface area contributed by atoms with Gasteiger partial charge in [0.2, 0.25) is 0 Å². The lowest BCUT2D eigenvalue weighted by atomic mass is 10.2. The molecule has 0 saturated heterocycles. The summed E-state index contributed by atoms with van der Waals surface area (Å²) in [6.45, 7) is 2.03. The van der Waals surface area contributed by atoms with Crippen molar-refractivity contribution in [1.29, 1.82) is 0 Å². The molecular formula is C11H10Cl2N4OS. The van der Waals surface area contributed by atoms with Crippen LogP contribution in [0.2, 0.25) is 10.3 Å². The van der Waals surface area contributed by atoms with Crippen molar-refractivity contribution < 1.29 is 0 Å². The molecule has 0 atom stereocenters. The summed E-state index contributed by atoms with van der Waals surface area (Å²) in [5.41, 5.74) is 0.558. The van der Waals surface area contributed by atoms with Crippen molar-refractivity contribution in [2.75, 3.05) is 0 Å². The van der Waals surface area contributed by atoms with E-state index in [9.17, 15) is 4.79 Å². The molecule has 2 rings (SSSR count). The van der Waals surface area contributed by atoms with E-state index in [-0.39, 0.29) is 15.9 Å². The largest absolute Gasteiger partial charge is 0.301 e. The van der Waals surface area contributed by atoms with E-state index in [2.05, 4.69) is 20.2 Å². The van der Waals surface area contributed by atoms with Crippen LogP contribution in [0.5, 0.6) is 0 Å². The van der Waals surface area contributed by atoms with Gasteiger partial charge >= 0.3 is 0 Å². The van der Waals surface area contributed by atoms with Gasteiger partial charge in [-0.15, -0.1) is 10.2 Å². The number of aromatic nitrogens is 4. The average molecular weight is 317 g/mol. The van der Waals surface area contributed by atoms with Crippen molar-refractivity contribution in [2.24, 2.45) is 0 Å². The van der Waals surface area contributed by atoms with Crippen LogP contribution in [-0.2, 0) is 6.42 Å². The Labute approximate surface area is 123 Å². The van der Waals surface area contributed by atoms with Crippen molar-refractivity contribution in [3.8, 4) is 0 Å². The first kappa shape index (κ1) is 14.3. The van der Waals surface area contributed by atoms with Gasteiger partial charge in [-0.3, -0.25) is 4.79 Å². The molecule has 0 spiro atoms. The summed E-state index contributed by atoms with van der Waals surface area (Å²) in [5.74, 6) is 0. The first-order valence-electron chi connectivity index (χ1n) is 5.55. The number of H-pyrrole nitrogens is 1. The summed E-state index contributed by atoms with van der Waals surface area (Å²) >= 11 is 12.9. The van der Waals surface area contributed by atoms with Crippen LogP contribution in [0.4, 0.5) is 0 Å². The molecule has 0 unspecified atom stereocenters. The normalized spacial score (nSPS) is 10.7. The Morgan fingerprint density at radius 3 is 2.84 bits per heavy atom. The molecule has 0 bridgehead atoms. The first-order chi connectivity index (χ1) is 9.08. The van der Waals surface area contributed by atoms with Gasteiger partial charge in [0.15, 0.2) is 15.5 Å². The van der Waals surface area contributed by atoms with E-state index >= 15 is 0 Å². The second kappa shape index (κ2) is 6.36. The predicted molar refractivity (Wildman–Crippen MR) is 75.0 cm³/mol. The fraction of sp³-hybridized carbons (Fsp3) is 0.273. The molecule has 2 aromatic heterocycles. The maximum atomic E-state index is 11.5. The van der Waals surface area contributed by atoms with Crippen LogP contribution in [0.15, 0.2) is 27.0 Å². The highest BCUT2D eigenvalue weighted by Gasteiger charge is 2.09. The molecule has 100 valence electrons. The molecule has 0 saturated carbocycles. The van der Waals surface area contributed by atoms with Gasteiger partial charge in [-0.05, 0) is 24.2 Å². The Balaban J connectivity index is 2.32. The number of hydrogen-bond donors (Lipinski definition) is 1. The molecule has 0 aliphatic rings. The fourth-order valence-corrected chi connectivity index (χ4v) is 2.67. The Morgan fingerprint density at radius 1 is 1.32 bits per heavy atom. The van der Waals surface area contributed by atoms with Crippen LogP contribution in [0.25, 0.3) is 0 Å². The van der Waals surface area contributed by atoms with E-state index in [0.29, 0.717) is 10.1 Å². The van der Waals surface area contributed by atoms with Crippen LogP contribution in [-0.4, -0.2) is 20.2 Å². The lowest BCUT2D eigenvalue weighted by molar-refractivity contribution is 0.815. The highest BCUT2D eigenvalue weighted by molar-refractivity contribution is 7.99. The van der Waals surface area contributed by atoms with Crippen LogP contribution >= 0.6 is 35.0 Å². The van der Waals surface area contributed by atoms with Gasteiger partial charge in [0.05, 0.1) is 4.90 Å². The van der Waals surface area contributed by atoms with E-state index in [1.807, 2.05) is 6.92 Å². The Morgan fingerprint density at radius 2 is 2.11 bits per heavy atom. The first-order valence-corrected chi connectivity index (χ1v) is 7.12. The number of nitrogens with zero attached hydrogens (tertiary/aromatic N) is 3. The van der Waals surface area contributed by atoms with Crippen LogP contribution in [0.1, 0.15) is 19.0 Å². The van der Waals surface area contributed by atoms with E-state index in [0.717, 1.165) is 18.5 Å². The third kappa shape index (κ3) is 3.92. The minimum absolute atomic E-state index is 0.190. The van der Waals surface area contributed by atoms with Crippen LogP contribution in [0.3, 0.4) is 0 Å².